The van der Waals surface area contributed by atoms with Crippen LogP contribution in [-0.2, 0) is 10.0 Å². The minimum atomic E-state index is -3.85. The van der Waals surface area contributed by atoms with Crippen molar-refractivity contribution in [1.29, 1.82) is 0 Å². The summed E-state index contributed by atoms with van der Waals surface area (Å²) in [6.45, 7) is 5.60. The van der Waals surface area contributed by atoms with Gasteiger partial charge in [0.1, 0.15) is 17.3 Å². The number of benzene rings is 1. The molecule has 4 aromatic rings. The van der Waals surface area contributed by atoms with Crippen LogP contribution in [0.25, 0.3) is 22.2 Å². The van der Waals surface area contributed by atoms with Gasteiger partial charge in [-0.25, -0.2) is 32.2 Å². The highest BCUT2D eigenvalue weighted by atomic mass is 32.2. The summed E-state index contributed by atoms with van der Waals surface area (Å²) < 4.78 is 56.0. The SMILES string of the molecule is CCCS(=O)(=O)Nc1ccc(F)c(C(=O)c2c[nH]c3ncc(-c4cnc(C(C)C)nc4)cc23)c1F. The Morgan fingerprint density at radius 2 is 1.77 bits per heavy atom. The Morgan fingerprint density at radius 3 is 2.43 bits per heavy atom. The summed E-state index contributed by atoms with van der Waals surface area (Å²) >= 11 is 0. The number of ketones is 1. The number of aromatic nitrogens is 4. The van der Waals surface area contributed by atoms with Crippen LogP contribution in [0.2, 0.25) is 0 Å². The maximum Gasteiger partial charge on any atom is 0.232 e. The van der Waals surface area contributed by atoms with Gasteiger partial charge < -0.3 is 4.98 Å². The first kappa shape index (κ1) is 24.4. The van der Waals surface area contributed by atoms with Crippen molar-refractivity contribution in [3.05, 3.63) is 71.6 Å². The third kappa shape index (κ3) is 4.90. The number of fused-ring (bicyclic) bond motifs is 1. The lowest BCUT2D eigenvalue weighted by atomic mass is 10.0. The van der Waals surface area contributed by atoms with Crippen LogP contribution in [0.1, 0.15) is 54.9 Å². The van der Waals surface area contributed by atoms with E-state index in [1.165, 1.54) is 6.20 Å². The van der Waals surface area contributed by atoms with Gasteiger partial charge in [0.2, 0.25) is 15.8 Å². The van der Waals surface area contributed by atoms with Crippen molar-refractivity contribution in [2.75, 3.05) is 10.5 Å². The zero-order valence-corrected chi connectivity index (χ0v) is 20.1. The second-order valence-corrected chi connectivity index (χ2v) is 10.2. The number of aromatic amines is 1. The van der Waals surface area contributed by atoms with Crippen LogP contribution in [-0.4, -0.2) is 39.9 Å². The number of anilines is 1. The normalized spacial score (nSPS) is 11.8. The monoisotopic (exact) mass is 499 g/mol. The molecule has 0 radical (unpaired) electrons. The van der Waals surface area contributed by atoms with Crippen molar-refractivity contribution in [2.24, 2.45) is 0 Å². The van der Waals surface area contributed by atoms with Gasteiger partial charge in [0.15, 0.2) is 5.82 Å². The molecule has 2 N–H and O–H groups in total. The highest BCUT2D eigenvalue weighted by molar-refractivity contribution is 7.92. The molecule has 4 rings (SSSR count). The third-order valence-electron chi connectivity index (χ3n) is 5.35. The second kappa shape index (κ2) is 9.49. The summed E-state index contributed by atoms with van der Waals surface area (Å²) in [7, 11) is -3.85. The molecule has 0 atom stereocenters. The predicted molar refractivity (Wildman–Crippen MR) is 129 cm³/mol. The van der Waals surface area contributed by atoms with E-state index in [0.717, 1.165) is 12.1 Å². The summed E-state index contributed by atoms with van der Waals surface area (Å²) in [5.74, 6) is -2.75. The first-order chi connectivity index (χ1) is 16.6. The number of H-pyrrole nitrogens is 1. The zero-order chi connectivity index (χ0) is 25.3. The number of hydrogen-bond acceptors (Lipinski definition) is 6. The van der Waals surface area contributed by atoms with Crippen LogP contribution >= 0.6 is 0 Å². The van der Waals surface area contributed by atoms with Gasteiger partial charge in [0.25, 0.3) is 0 Å². The smallest absolute Gasteiger partial charge is 0.232 e. The molecule has 0 amide bonds. The van der Waals surface area contributed by atoms with E-state index in [0.29, 0.717) is 34.4 Å². The lowest BCUT2D eigenvalue weighted by molar-refractivity contribution is 0.103. The van der Waals surface area contributed by atoms with Crippen molar-refractivity contribution in [1.82, 2.24) is 19.9 Å². The van der Waals surface area contributed by atoms with Crippen LogP contribution in [0.15, 0.2) is 43.0 Å². The van der Waals surface area contributed by atoms with Gasteiger partial charge in [-0.2, -0.15) is 0 Å². The van der Waals surface area contributed by atoms with E-state index < -0.39 is 38.7 Å². The van der Waals surface area contributed by atoms with Gasteiger partial charge >= 0.3 is 0 Å². The van der Waals surface area contributed by atoms with Crippen molar-refractivity contribution >= 4 is 32.5 Å². The number of nitrogens with one attached hydrogen (secondary N) is 2. The van der Waals surface area contributed by atoms with E-state index in [1.807, 2.05) is 13.8 Å². The van der Waals surface area contributed by atoms with E-state index in [-0.39, 0.29) is 17.2 Å². The standard InChI is InChI=1S/C24H23F2N5O3S/c1-4-7-35(33,34)31-19-6-5-18(25)20(21(19)26)22(32)17-12-30-24-16(17)8-14(9-29-24)15-10-27-23(13(2)3)28-11-15/h5-6,8-13,31H,4,7H2,1-3H3,(H,29,30). The number of rotatable bonds is 8. The number of hydrogen-bond donors (Lipinski definition) is 2. The molecule has 0 unspecified atom stereocenters. The molecule has 0 spiro atoms. The molecule has 182 valence electrons. The summed E-state index contributed by atoms with van der Waals surface area (Å²) in [5.41, 5.74) is 0.247. The van der Waals surface area contributed by atoms with Gasteiger partial charge in [-0.3, -0.25) is 9.52 Å². The Bertz CT molecular complexity index is 1520. The van der Waals surface area contributed by atoms with Crippen molar-refractivity contribution in [3.8, 4) is 11.1 Å². The van der Waals surface area contributed by atoms with Crippen molar-refractivity contribution in [3.63, 3.8) is 0 Å². The first-order valence-electron chi connectivity index (χ1n) is 10.9. The molecule has 0 saturated carbocycles. The number of sulfonamides is 1. The molecule has 3 heterocycles. The molecule has 1 aromatic carbocycles. The van der Waals surface area contributed by atoms with Gasteiger partial charge in [0, 0.05) is 52.8 Å². The van der Waals surface area contributed by atoms with E-state index >= 15 is 4.39 Å². The quantitative estimate of drug-likeness (QED) is 0.336. The number of halogens is 2. The number of pyridine rings is 1. The lowest BCUT2D eigenvalue weighted by Gasteiger charge is -2.11. The van der Waals surface area contributed by atoms with Crippen LogP contribution in [0.5, 0.6) is 0 Å². The van der Waals surface area contributed by atoms with Crippen LogP contribution in [0, 0.1) is 11.6 Å². The molecular formula is C24H23F2N5O3S. The third-order valence-corrected chi connectivity index (χ3v) is 6.83. The van der Waals surface area contributed by atoms with E-state index in [2.05, 4.69) is 24.7 Å². The van der Waals surface area contributed by atoms with E-state index in [9.17, 15) is 17.6 Å². The average molecular weight is 500 g/mol. The maximum absolute atomic E-state index is 15.2. The van der Waals surface area contributed by atoms with Gasteiger partial charge in [0.05, 0.1) is 17.0 Å². The Morgan fingerprint density at radius 1 is 1.09 bits per heavy atom. The van der Waals surface area contributed by atoms with E-state index in [1.54, 1.807) is 31.6 Å². The zero-order valence-electron chi connectivity index (χ0n) is 19.3. The fraction of sp³-hybridized carbons (Fsp3) is 0.250. The fourth-order valence-corrected chi connectivity index (χ4v) is 4.73. The summed E-state index contributed by atoms with van der Waals surface area (Å²) in [6.07, 6.45) is 6.48. The highest BCUT2D eigenvalue weighted by Crippen LogP contribution is 2.29. The molecule has 0 saturated heterocycles. The molecule has 0 bridgehead atoms. The molecule has 0 aliphatic heterocycles. The first-order valence-corrected chi connectivity index (χ1v) is 12.6. The van der Waals surface area contributed by atoms with Crippen LogP contribution in [0.3, 0.4) is 0 Å². The topological polar surface area (TPSA) is 118 Å². The average Bonchev–Trinajstić information content (AvgIpc) is 3.24. The Kier molecular flexibility index (Phi) is 6.62. The number of nitrogens with zero attached hydrogens (tertiary/aromatic N) is 3. The van der Waals surface area contributed by atoms with Crippen molar-refractivity contribution in [2.45, 2.75) is 33.1 Å². The Balaban J connectivity index is 1.75. The molecule has 0 aliphatic rings. The molecule has 0 aliphatic carbocycles. The second-order valence-electron chi connectivity index (χ2n) is 8.34. The highest BCUT2D eigenvalue weighted by Gasteiger charge is 2.26. The molecule has 35 heavy (non-hydrogen) atoms. The Labute approximate surface area is 200 Å². The molecule has 0 fully saturated rings. The van der Waals surface area contributed by atoms with Crippen molar-refractivity contribution < 1.29 is 22.0 Å². The Hall–Kier alpha value is -3.73. The van der Waals surface area contributed by atoms with Gasteiger partial charge in [-0.15, -0.1) is 0 Å². The predicted octanol–water partition coefficient (Wildman–Crippen LogP) is 4.80. The number of carbonyl (C=O) groups excluding carboxylic acids is 1. The summed E-state index contributed by atoms with van der Waals surface area (Å²) in [6, 6.07) is 3.46. The molecule has 8 nitrogen and oxygen atoms in total. The maximum atomic E-state index is 15.2. The molecule has 11 heteroatoms. The van der Waals surface area contributed by atoms with Crippen LogP contribution < -0.4 is 4.72 Å². The summed E-state index contributed by atoms with van der Waals surface area (Å²) in [4.78, 5) is 29.0. The van der Waals surface area contributed by atoms with Gasteiger partial charge in [-0.1, -0.05) is 20.8 Å². The lowest BCUT2D eigenvalue weighted by Crippen LogP contribution is -2.18. The van der Waals surface area contributed by atoms with Gasteiger partial charge in [-0.05, 0) is 24.6 Å². The minimum absolute atomic E-state index is 0.0135. The van der Waals surface area contributed by atoms with Crippen LogP contribution in [0.4, 0.5) is 14.5 Å². The minimum Gasteiger partial charge on any atom is -0.345 e. The fourth-order valence-electron chi connectivity index (χ4n) is 3.60. The molecular weight excluding hydrogens is 476 g/mol. The largest absolute Gasteiger partial charge is 0.345 e. The summed E-state index contributed by atoms with van der Waals surface area (Å²) in [5, 5.41) is 0.344. The number of carbonyl (C=O) groups is 1. The van der Waals surface area contributed by atoms with E-state index in [4.69, 9.17) is 0 Å². The molecule has 3 aromatic heterocycles.